The minimum atomic E-state index is 1.03. The van der Waals surface area contributed by atoms with Crippen LogP contribution < -0.4 is 5.32 Å². The molecule has 0 aromatic carbocycles. The Morgan fingerprint density at radius 1 is 1.31 bits per heavy atom. The van der Waals surface area contributed by atoms with Crippen molar-refractivity contribution in [3.8, 4) is 0 Å². The van der Waals surface area contributed by atoms with Gasteiger partial charge in [-0.05, 0) is 45.1 Å². The van der Waals surface area contributed by atoms with E-state index in [1.54, 1.807) is 0 Å². The molecule has 0 spiro atoms. The largest absolute Gasteiger partial charge is 0.385 e. The lowest BCUT2D eigenvalue weighted by Gasteiger charge is -2.17. The third kappa shape index (κ3) is 4.62. The Morgan fingerprint density at radius 3 is 2.69 bits per heavy atom. The molecule has 1 aromatic heterocycles. The lowest BCUT2D eigenvalue weighted by atomic mass is 10.3. The Kier molecular flexibility index (Phi) is 5.86. The van der Waals surface area contributed by atoms with Gasteiger partial charge in [0, 0.05) is 24.1 Å². The van der Waals surface area contributed by atoms with Crippen molar-refractivity contribution in [3.05, 3.63) is 24.0 Å². The molecule has 1 rings (SSSR count). The van der Waals surface area contributed by atoms with Crippen LogP contribution in [0, 0.1) is 6.92 Å². The van der Waals surface area contributed by atoms with Gasteiger partial charge in [0.25, 0.3) is 0 Å². The fraction of sp³-hybridized carbons (Fsp3) is 0.615. The summed E-state index contributed by atoms with van der Waals surface area (Å²) in [5.41, 5.74) is 2.24. The van der Waals surface area contributed by atoms with Crippen LogP contribution in [0.25, 0.3) is 0 Å². The first kappa shape index (κ1) is 13.0. The minimum absolute atomic E-state index is 1.03. The molecule has 3 nitrogen and oxygen atoms in total. The van der Waals surface area contributed by atoms with E-state index in [0.29, 0.717) is 0 Å². The molecule has 0 radical (unpaired) electrons. The molecule has 16 heavy (non-hydrogen) atoms. The molecular formula is C13H23N3. The monoisotopic (exact) mass is 221 g/mol. The molecule has 0 saturated heterocycles. The molecule has 0 saturated carbocycles. The number of hydrogen-bond acceptors (Lipinski definition) is 3. The van der Waals surface area contributed by atoms with Gasteiger partial charge in [-0.25, -0.2) is 0 Å². The lowest BCUT2D eigenvalue weighted by Crippen LogP contribution is -2.25. The summed E-state index contributed by atoms with van der Waals surface area (Å²) in [5.74, 6) is 0. The van der Waals surface area contributed by atoms with E-state index in [-0.39, 0.29) is 0 Å². The Labute approximate surface area is 98.9 Å². The summed E-state index contributed by atoms with van der Waals surface area (Å²) < 4.78 is 0. The SMILES string of the molecule is CCN(CC)CCCNc1ccnc(C)c1. The normalized spacial score (nSPS) is 10.8. The van der Waals surface area contributed by atoms with E-state index in [2.05, 4.69) is 35.1 Å². The third-order valence-corrected chi connectivity index (χ3v) is 2.77. The molecule has 0 aliphatic carbocycles. The van der Waals surface area contributed by atoms with E-state index in [1.807, 2.05) is 19.2 Å². The summed E-state index contributed by atoms with van der Waals surface area (Å²) in [6.45, 7) is 10.9. The number of nitrogens with zero attached hydrogens (tertiary/aromatic N) is 2. The molecule has 1 aromatic rings. The fourth-order valence-corrected chi connectivity index (χ4v) is 1.73. The molecule has 90 valence electrons. The van der Waals surface area contributed by atoms with Crippen molar-refractivity contribution in [1.82, 2.24) is 9.88 Å². The van der Waals surface area contributed by atoms with Gasteiger partial charge in [0.15, 0.2) is 0 Å². The van der Waals surface area contributed by atoms with Crippen molar-refractivity contribution in [2.45, 2.75) is 27.2 Å². The topological polar surface area (TPSA) is 28.2 Å². The number of pyridine rings is 1. The van der Waals surface area contributed by atoms with Crippen LogP contribution in [0.5, 0.6) is 0 Å². The van der Waals surface area contributed by atoms with Gasteiger partial charge in [0.2, 0.25) is 0 Å². The highest BCUT2D eigenvalue weighted by Gasteiger charge is 1.98. The van der Waals surface area contributed by atoms with Crippen LogP contribution in [0.2, 0.25) is 0 Å². The van der Waals surface area contributed by atoms with Crippen molar-refractivity contribution >= 4 is 5.69 Å². The first-order valence-electron chi connectivity index (χ1n) is 6.15. The molecule has 0 aliphatic heterocycles. The standard InChI is InChI=1S/C13H23N3/c1-4-16(5-2)10-6-8-15-13-7-9-14-12(3)11-13/h7,9,11H,4-6,8,10H2,1-3H3,(H,14,15). The summed E-state index contributed by atoms with van der Waals surface area (Å²) in [6.07, 6.45) is 3.03. The first-order chi connectivity index (χ1) is 7.76. The van der Waals surface area contributed by atoms with Crippen LogP contribution in [0.15, 0.2) is 18.3 Å². The summed E-state index contributed by atoms with van der Waals surface area (Å²) >= 11 is 0. The van der Waals surface area contributed by atoms with E-state index in [0.717, 1.165) is 25.3 Å². The van der Waals surface area contributed by atoms with Crippen molar-refractivity contribution in [3.63, 3.8) is 0 Å². The lowest BCUT2D eigenvalue weighted by molar-refractivity contribution is 0.303. The zero-order valence-electron chi connectivity index (χ0n) is 10.7. The van der Waals surface area contributed by atoms with Gasteiger partial charge >= 0.3 is 0 Å². The highest BCUT2D eigenvalue weighted by atomic mass is 15.1. The minimum Gasteiger partial charge on any atom is -0.385 e. The number of hydrogen-bond donors (Lipinski definition) is 1. The van der Waals surface area contributed by atoms with E-state index in [4.69, 9.17) is 0 Å². The number of aromatic nitrogens is 1. The van der Waals surface area contributed by atoms with Gasteiger partial charge in [-0.15, -0.1) is 0 Å². The third-order valence-electron chi connectivity index (χ3n) is 2.77. The quantitative estimate of drug-likeness (QED) is 0.717. The van der Waals surface area contributed by atoms with Crippen LogP contribution in [-0.2, 0) is 0 Å². The molecule has 0 atom stereocenters. The van der Waals surface area contributed by atoms with Crippen LogP contribution in [0.4, 0.5) is 5.69 Å². The summed E-state index contributed by atoms with van der Waals surface area (Å²) in [5, 5.41) is 3.42. The van der Waals surface area contributed by atoms with Crippen molar-refractivity contribution in [1.29, 1.82) is 0 Å². The Balaban J connectivity index is 2.20. The summed E-state index contributed by atoms with van der Waals surface area (Å²) in [7, 11) is 0. The molecular weight excluding hydrogens is 198 g/mol. The molecule has 0 amide bonds. The van der Waals surface area contributed by atoms with Crippen LogP contribution >= 0.6 is 0 Å². The highest BCUT2D eigenvalue weighted by Crippen LogP contribution is 2.06. The van der Waals surface area contributed by atoms with Gasteiger partial charge in [-0.1, -0.05) is 13.8 Å². The molecule has 0 aliphatic rings. The van der Waals surface area contributed by atoms with Crippen LogP contribution in [0.1, 0.15) is 26.0 Å². The van der Waals surface area contributed by atoms with Gasteiger partial charge < -0.3 is 10.2 Å². The summed E-state index contributed by atoms with van der Waals surface area (Å²) in [4.78, 5) is 6.62. The predicted octanol–water partition coefficient (Wildman–Crippen LogP) is 2.53. The maximum absolute atomic E-state index is 4.17. The zero-order valence-corrected chi connectivity index (χ0v) is 10.7. The van der Waals surface area contributed by atoms with Crippen molar-refractivity contribution < 1.29 is 0 Å². The van der Waals surface area contributed by atoms with E-state index in [9.17, 15) is 0 Å². The second-order valence-corrected chi connectivity index (χ2v) is 3.99. The molecule has 1 heterocycles. The average Bonchev–Trinajstić information content (AvgIpc) is 2.29. The second kappa shape index (κ2) is 7.23. The van der Waals surface area contributed by atoms with E-state index in [1.165, 1.54) is 18.7 Å². The average molecular weight is 221 g/mol. The van der Waals surface area contributed by atoms with Gasteiger partial charge in [0.05, 0.1) is 0 Å². The Hall–Kier alpha value is -1.09. The molecule has 0 unspecified atom stereocenters. The number of aryl methyl sites for hydroxylation is 1. The molecule has 1 N–H and O–H groups in total. The van der Waals surface area contributed by atoms with E-state index < -0.39 is 0 Å². The maximum atomic E-state index is 4.17. The Morgan fingerprint density at radius 2 is 2.06 bits per heavy atom. The maximum Gasteiger partial charge on any atom is 0.0393 e. The predicted molar refractivity (Wildman–Crippen MR) is 69.9 cm³/mol. The molecule has 3 heteroatoms. The number of nitrogens with one attached hydrogen (secondary N) is 1. The van der Waals surface area contributed by atoms with Gasteiger partial charge in [-0.2, -0.15) is 0 Å². The van der Waals surface area contributed by atoms with Gasteiger partial charge in [-0.3, -0.25) is 4.98 Å². The highest BCUT2D eigenvalue weighted by molar-refractivity contribution is 5.42. The van der Waals surface area contributed by atoms with Crippen molar-refractivity contribution in [2.75, 3.05) is 31.5 Å². The summed E-state index contributed by atoms with van der Waals surface area (Å²) in [6, 6.07) is 4.10. The van der Waals surface area contributed by atoms with Crippen LogP contribution in [0.3, 0.4) is 0 Å². The van der Waals surface area contributed by atoms with Crippen molar-refractivity contribution in [2.24, 2.45) is 0 Å². The molecule has 0 bridgehead atoms. The smallest absolute Gasteiger partial charge is 0.0393 e. The fourth-order valence-electron chi connectivity index (χ4n) is 1.73. The zero-order chi connectivity index (χ0) is 11.8. The van der Waals surface area contributed by atoms with E-state index >= 15 is 0 Å². The number of anilines is 1. The first-order valence-corrected chi connectivity index (χ1v) is 6.15. The Bertz CT molecular complexity index is 295. The van der Waals surface area contributed by atoms with Gasteiger partial charge in [0.1, 0.15) is 0 Å². The van der Waals surface area contributed by atoms with Crippen LogP contribution in [-0.4, -0.2) is 36.1 Å². The molecule has 0 fully saturated rings. The number of rotatable bonds is 7. The second-order valence-electron chi connectivity index (χ2n) is 3.99.